The van der Waals surface area contributed by atoms with Crippen LogP contribution < -0.4 is 5.73 Å². The van der Waals surface area contributed by atoms with Crippen molar-refractivity contribution in [3.63, 3.8) is 0 Å². The van der Waals surface area contributed by atoms with E-state index in [1.54, 1.807) is 18.2 Å². The van der Waals surface area contributed by atoms with Gasteiger partial charge in [-0.3, -0.25) is 0 Å². The van der Waals surface area contributed by atoms with E-state index in [9.17, 15) is 0 Å². The van der Waals surface area contributed by atoms with Crippen molar-refractivity contribution < 1.29 is 4.52 Å². The number of hydrogen-bond acceptors (Lipinski definition) is 4. The minimum atomic E-state index is -0.616. The Kier molecular flexibility index (Phi) is 4.13. The van der Waals surface area contributed by atoms with Gasteiger partial charge in [0.15, 0.2) is 5.82 Å². The maximum atomic E-state index is 6.11. The predicted octanol–water partition coefficient (Wildman–Crippen LogP) is 3.55. The summed E-state index contributed by atoms with van der Waals surface area (Å²) < 4.78 is 5.20. The van der Waals surface area contributed by atoms with Gasteiger partial charge in [0.25, 0.3) is 0 Å². The van der Waals surface area contributed by atoms with Gasteiger partial charge in [-0.2, -0.15) is 4.98 Å². The molecule has 0 spiro atoms. The van der Waals surface area contributed by atoms with E-state index in [-0.39, 0.29) is 0 Å². The van der Waals surface area contributed by atoms with Gasteiger partial charge >= 0.3 is 0 Å². The van der Waals surface area contributed by atoms with E-state index in [0.29, 0.717) is 34.6 Å². The Morgan fingerprint density at radius 2 is 1.95 bits per heavy atom. The van der Waals surface area contributed by atoms with E-state index in [1.165, 1.54) is 0 Å². The summed E-state index contributed by atoms with van der Waals surface area (Å²) in [7, 11) is 0. The molecule has 2 rings (SSSR count). The van der Waals surface area contributed by atoms with Crippen LogP contribution in [0.15, 0.2) is 22.7 Å². The zero-order chi connectivity index (χ0) is 14.0. The molecule has 102 valence electrons. The molecule has 0 amide bonds. The lowest BCUT2D eigenvalue weighted by molar-refractivity contribution is 0.290. The summed E-state index contributed by atoms with van der Waals surface area (Å²) in [6, 6.07) is 5.36. The fourth-order valence-electron chi connectivity index (χ4n) is 1.57. The van der Waals surface area contributed by atoms with E-state index in [2.05, 4.69) is 10.1 Å². The maximum Gasteiger partial charge on any atom is 0.246 e. The average Bonchev–Trinajstić information content (AvgIpc) is 2.83. The van der Waals surface area contributed by atoms with Gasteiger partial charge in [0.05, 0.1) is 5.54 Å². The first-order chi connectivity index (χ1) is 8.94. The van der Waals surface area contributed by atoms with Gasteiger partial charge in [-0.25, -0.2) is 0 Å². The fraction of sp³-hybridized carbons (Fsp3) is 0.385. The first-order valence-corrected chi connectivity index (χ1v) is 6.74. The van der Waals surface area contributed by atoms with Crippen LogP contribution in [-0.2, 0) is 12.0 Å². The number of aromatic nitrogens is 2. The van der Waals surface area contributed by atoms with Crippen molar-refractivity contribution in [2.75, 3.05) is 0 Å². The third-order valence-electron chi connectivity index (χ3n) is 3.09. The van der Waals surface area contributed by atoms with Crippen LogP contribution in [0.2, 0.25) is 10.0 Å². The normalized spacial score (nSPS) is 14.4. The summed E-state index contributed by atoms with van der Waals surface area (Å²) >= 11 is 12.2. The van der Waals surface area contributed by atoms with Crippen LogP contribution in [0.5, 0.6) is 0 Å². The molecule has 4 nitrogen and oxygen atoms in total. The minimum absolute atomic E-state index is 0.418. The first kappa shape index (κ1) is 14.3. The molecule has 0 bridgehead atoms. The molecular weight excluding hydrogens is 285 g/mol. The average molecular weight is 300 g/mol. The maximum absolute atomic E-state index is 6.11. The lowest BCUT2D eigenvalue weighted by Crippen LogP contribution is -2.32. The second kappa shape index (κ2) is 5.49. The van der Waals surface area contributed by atoms with E-state index in [1.807, 2.05) is 13.8 Å². The van der Waals surface area contributed by atoms with Crippen molar-refractivity contribution in [1.29, 1.82) is 0 Å². The van der Waals surface area contributed by atoms with Crippen LogP contribution in [0, 0.1) is 0 Å². The van der Waals surface area contributed by atoms with Crippen LogP contribution in [0.3, 0.4) is 0 Å². The molecule has 2 N–H and O–H groups in total. The molecule has 1 aromatic carbocycles. The molecular formula is C13H15Cl2N3O. The number of nitrogens with zero attached hydrogens (tertiary/aromatic N) is 2. The molecule has 0 aliphatic heterocycles. The second-order valence-electron chi connectivity index (χ2n) is 4.66. The quantitative estimate of drug-likeness (QED) is 0.937. The number of nitrogens with two attached hydrogens (primary N) is 1. The molecule has 0 aliphatic rings. The highest BCUT2D eigenvalue weighted by atomic mass is 35.5. The third-order valence-corrected chi connectivity index (χ3v) is 3.80. The first-order valence-electron chi connectivity index (χ1n) is 5.99. The molecule has 1 atom stereocenters. The number of benzene rings is 1. The number of rotatable bonds is 4. The predicted molar refractivity (Wildman–Crippen MR) is 75.4 cm³/mol. The molecule has 1 unspecified atom stereocenters. The Labute approximate surface area is 121 Å². The van der Waals surface area contributed by atoms with Crippen molar-refractivity contribution in [2.24, 2.45) is 5.73 Å². The van der Waals surface area contributed by atoms with Crippen LogP contribution in [0.1, 0.15) is 37.5 Å². The summed E-state index contributed by atoms with van der Waals surface area (Å²) in [5.74, 6) is 0.948. The Morgan fingerprint density at radius 1 is 1.32 bits per heavy atom. The molecule has 0 aliphatic carbocycles. The van der Waals surface area contributed by atoms with E-state index in [4.69, 9.17) is 33.5 Å². The Hall–Kier alpha value is -1.10. The molecule has 0 saturated heterocycles. The largest absolute Gasteiger partial charge is 0.337 e. The van der Waals surface area contributed by atoms with E-state index < -0.39 is 5.54 Å². The number of hydrogen-bond donors (Lipinski definition) is 1. The molecule has 0 saturated carbocycles. The standard InChI is InChI=1S/C13H15Cl2N3O/c1-3-13(2,16)12-17-11(18-19-12)7-8-9(14)5-4-6-10(8)15/h4-6H,3,7,16H2,1-2H3. The van der Waals surface area contributed by atoms with Gasteiger partial charge in [0.2, 0.25) is 5.89 Å². The molecule has 0 fully saturated rings. The monoisotopic (exact) mass is 299 g/mol. The lowest BCUT2D eigenvalue weighted by atomic mass is 10.0. The van der Waals surface area contributed by atoms with Crippen molar-refractivity contribution in [3.8, 4) is 0 Å². The van der Waals surface area contributed by atoms with Crippen LogP contribution in [0.25, 0.3) is 0 Å². The zero-order valence-electron chi connectivity index (χ0n) is 10.8. The van der Waals surface area contributed by atoms with Crippen LogP contribution >= 0.6 is 23.2 Å². The van der Waals surface area contributed by atoms with Gasteiger partial charge in [-0.15, -0.1) is 0 Å². The van der Waals surface area contributed by atoms with Gasteiger partial charge in [0, 0.05) is 16.5 Å². The Bertz CT molecular complexity index is 561. The Morgan fingerprint density at radius 3 is 2.53 bits per heavy atom. The zero-order valence-corrected chi connectivity index (χ0v) is 12.3. The van der Waals surface area contributed by atoms with Crippen LogP contribution in [0.4, 0.5) is 0 Å². The summed E-state index contributed by atoms with van der Waals surface area (Å²) in [6.45, 7) is 3.82. The molecule has 2 aromatic rings. The van der Waals surface area contributed by atoms with Crippen molar-refractivity contribution in [3.05, 3.63) is 45.5 Å². The SMILES string of the molecule is CCC(C)(N)c1nc(Cc2c(Cl)cccc2Cl)no1. The third kappa shape index (κ3) is 3.08. The van der Waals surface area contributed by atoms with Crippen molar-refractivity contribution in [2.45, 2.75) is 32.2 Å². The summed E-state index contributed by atoms with van der Waals surface area (Å²) in [5, 5.41) is 5.10. The highest BCUT2D eigenvalue weighted by Crippen LogP contribution is 2.27. The van der Waals surface area contributed by atoms with Gasteiger partial charge < -0.3 is 10.3 Å². The van der Waals surface area contributed by atoms with E-state index >= 15 is 0 Å². The summed E-state index contributed by atoms with van der Waals surface area (Å²) in [4.78, 5) is 4.31. The molecule has 1 aromatic heterocycles. The molecule has 6 heteroatoms. The van der Waals surface area contributed by atoms with Gasteiger partial charge in [-0.05, 0) is 31.0 Å². The van der Waals surface area contributed by atoms with E-state index in [0.717, 1.165) is 5.56 Å². The highest BCUT2D eigenvalue weighted by molar-refractivity contribution is 6.36. The van der Waals surface area contributed by atoms with Crippen LogP contribution in [-0.4, -0.2) is 10.1 Å². The van der Waals surface area contributed by atoms with Crippen molar-refractivity contribution in [1.82, 2.24) is 10.1 Å². The van der Waals surface area contributed by atoms with Gasteiger partial charge in [-0.1, -0.05) is 41.3 Å². The summed E-state index contributed by atoms with van der Waals surface area (Å²) in [5.41, 5.74) is 6.23. The lowest BCUT2D eigenvalue weighted by Gasteiger charge is -2.16. The topological polar surface area (TPSA) is 64.9 Å². The second-order valence-corrected chi connectivity index (χ2v) is 5.48. The molecule has 1 heterocycles. The summed E-state index contributed by atoms with van der Waals surface area (Å²) in [6.07, 6.45) is 1.13. The van der Waals surface area contributed by atoms with Gasteiger partial charge in [0.1, 0.15) is 0 Å². The fourth-order valence-corrected chi connectivity index (χ4v) is 2.10. The molecule has 0 radical (unpaired) electrons. The smallest absolute Gasteiger partial charge is 0.246 e. The number of halogens is 2. The van der Waals surface area contributed by atoms with Crippen molar-refractivity contribution >= 4 is 23.2 Å². The highest BCUT2D eigenvalue weighted by Gasteiger charge is 2.26. The Balaban J connectivity index is 2.26. The minimum Gasteiger partial charge on any atom is -0.337 e. The molecule has 19 heavy (non-hydrogen) atoms.